The Morgan fingerprint density at radius 3 is 2.38 bits per heavy atom. The van der Waals surface area contributed by atoms with E-state index in [9.17, 15) is 10.1 Å². The van der Waals surface area contributed by atoms with Gasteiger partial charge >= 0.3 is 6.09 Å². The lowest BCUT2D eigenvalue weighted by molar-refractivity contribution is 0.152. The number of carbonyl (C=O) groups excluding carboxylic acids is 1. The molecule has 1 heterocycles. The van der Waals surface area contributed by atoms with Crippen LogP contribution in [-0.4, -0.2) is 35.8 Å². The van der Waals surface area contributed by atoms with Crippen molar-refractivity contribution in [2.75, 3.05) is 14.2 Å². The Morgan fingerprint density at radius 2 is 1.83 bits per heavy atom. The van der Waals surface area contributed by atoms with Crippen LogP contribution in [0.2, 0.25) is 0 Å². The monoisotopic (exact) mass is 391 g/mol. The minimum atomic E-state index is -0.403. The summed E-state index contributed by atoms with van der Waals surface area (Å²) in [5.41, 5.74) is 3.30. The summed E-state index contributed by atoms with van der Waals surface area (Å²) in [7, 11) is 3.33. The standard InChI is InChI=1S/C23H25N3O3/c1-6-26-21-13-18(28-5)11-12-19(21)20(14-24)22(26)16-7-9-17(10-8-16)29-23(27)25(4)15(2)3/h7-13,15H,6H2,1-5H3. The molecule has 1 aromatic heterocycles. The van der Waals surface area contributed by atoms with Gasteiger partial charge in [-0.3, -0.25) is 0 Å². The van der Waals surface area contributed by atoms with Gasteiger partial charge in [0.15, 0.2) is 0 Å². The van der Waals surface area contributed by atoms with Crippen molar-refractivity contribution >= 4 is 17.0 Å². The van der Waals surface area contributed by atoms with Crippen LogP contribution >= 0.6 is 0 Å². The molecule has 6 heteroatoms. The van der Waals surface area contributed by atoms with Crippen molar-refractivity contribution in [1.29, 1.82) is 5.26 Å². The number of hydrogen-bond donors (Lipinski definition) is 0. The topological polar surface area (TPSA) is 67.5 Å². The van der Waals surface area contributed by atoms with Crippen molar-refractivity contribution in [3.05, 3.63) is 48.0 Å². The predicted molar refractivity (Wildman–Crippen MR) is 113 cm³/mol. The highest BCUT2D eigenvalue weighted by molar-refractivity contribution is 5.95. The van der Waals surface area contributed by atoms with Gasteiger partial charge in [0.1, 0.15) is 17.6 Å². The van der Waals surface area contributed by atoms with Crippen molar-refractivity contribution in [3.8, 4) is 28.8 Å². The Bertz CT molecular complexity index is 1080. The summed E-state index contributed by atoms with van der Waals surface area (Å²) in [5.74, 6) is 1.21. The number of fused-ring (bicyclic) bond motifs is 1. The quantitative estimate of drug-likeness (QED) is 0.610. The molecule has 0 aliphatic heterocycles. The molecule has 0 aliphatic carbocycles. The van der Waals surface area contributed by atoms with Crippen LogP contribution < -0.4 is 9.47 Å². The number of aromatic nitrogens is 1. The van der Waals surface area contributed by atoms with Crippen LogP contribution in [0.4, 0.5) is 4.79 Å². The molecule has 0 saturated heterocycles. The number of ether oxygens (including phenoxy) is 2. The Kier molecular flexibility index (Phi) is 5.79. The highest BCUT2D eigenvalue weighted by Crippen LogP contribution is 2.35. The van der Waals surface area contributed by atoms with Crippen LogP contribution in [0, 0.1) is 11.3 Å². The van der Waals surface area contributed by atoms with Gasteiger partial charge in [0.05, 0.1) is 23.9 Å². The van der Waals surface area contributed by atoms with Crippen LogP contribution in [0.5, 0.6) is 11.5 Å². The first kappa shape index (κ1) is 20.3. The molecule has 3 rings (SSSR count). The van der Waals surface area contributed by atoms with Gasteiger partial charge < -0.3 is 18.9 Å². The molecule has 0 bridgehead atoms. The van der Waals surface area contributed by atoms with Crippen molar-refractivity contribution in [2.24, 2.45) is 0 Å². The van der Waals surface area contributed by atoms with Gasteiger partial charge in [-0.25, -0.2) is 4.79 Å². The zero-order valence-electron chi connectivity index (χ0n) is 17.4. The highest BCUT2D eigenvalue weighted by Gasteiger charge is 2.19. The third kappa shape index (κ3) is 3.77. The molecule has 0 N–H and O–H groups in total. The van der Waals surface area contributed by atoms with Gasteiger partial charge in [-0.2, -0.15) is 5.26 Å². The molecule has 0 unspecified atom stereocenters. The number of rotatable bonds is 5. The van der Waals surface area contributed by atoms with Gasteiger partial charge in [-0.1, -0.05) is 0 Å². The molecule has 2 aromatic carbocycles. The SMILES string of the molecule is CCn1c(-c2ccc(OC(=O)N(C)C(C)C)cc2)c(C#N)c2ccc(OC)cc21. The summed E-state index contributed by atoms with van der Waals surface area (Å²) in [6.45, 7) is 6.59. The van der Waals surface area contributed by atoms with Crippen LogP contribution in [0.1, 0.15) is 26.3 Å². The van der Waals surface area contributed by atoms with E-state index in [0.29, 0.717) is 17.9 Å². The number of methoxy groups -OCH3 is 1. The van der Waals surface area contributed by atoms with Crippen LogP contribution in [-0.2, 0) is 6.54 Å². The molecule has 0 atom stereocenters. The maximum Gasteiger partial charge on any atom is 0.415 e. The molecule has 0 spiro atoms. The van der Waals surface area contributed by atoms with Gasteiger partial charge in [-0.15, -0.1) is 0 Å². The average Bonchev–Trinajstić information content (AvgIpc) is 3.05. The molecule has 1 amide bonds. The van der Waals surface area contributed by atoms with E-state index in [0.717, 1.165) is 27.9 Å². The lowest BCUT2D eigenvalue weighted by Crippen LogP contribution is -2.35. The molecule has 0 fully saturated rings. The summed E-state index contributed by atoms with van der Waals surface area (Å²) in [5, 5.41) is 10.7. The van der Waals surface area contributed by atoms with E-state index in [-0.39, 0.29) is 6.04 Å². The average molecular weight is 391 g/mol. The first-order chi connectivity index (χ1) is 13.9. The summed E-state index contributed by atoms with van der Waals surface area (Å²) >= 11 is 0. The van der Waals surface area contributed by atoms with E-state index in [1.165, 1.54) is 4.90 Å². The van der Waals surface area contributed by atoms with Gasteiger partial charge in [0, 0.05) is 31.1 Å². The molecule has 3 aromatic rings. The van der Waals surface area contributed by atoms with E-state index in [1.54, 1.807) is 26.3 Å². The van der Waals surface area contributed by atoms with E-state index in [4.69, 9.17) is 9.47 Å². The number of aryl methyl sites for hydroxylation is 1. The Morgan fingerprint density at radius 1 is 1.17 bits per heavy atom. The first-order valence-electron chi connectivity index (χ1n) is 9.56. The van der Waals surface area contributed by atoms with E-state index in [1.807, 2.05) is 51.1 Å². The van der Waals surface area contributed by atoms with Gasteiger partial charge in [0.2, 0.25) is 0 Å². The zero-order chi connectivity index (χ0) is 21.1. The fourth-order valence-corrected chi connectivity index (χ4v) is 3.26. The number of hydrogen-bond acceptors (Lipinski definition) is 4. The summed E-state index contributed by atoms with van der Waals surface area (Å²) in [6.07, 6.45) is -0.403. The molecule has 0 aliphatic rings. The maximum atomic E-state index is 12.1. The first-order valence-corrected chi connectivity index (χ1v) is 9.56. The highest BCUT2D eigenvalue weighted by atomic mass is 16.6. The van der Waals surface area contributed by atoms with Gasteiger partial charge in [0.25, 0.3) is 0 Å². The number of carbonyl (C=O) groups is 1. The second-order valence-electron chi connectivity index (χ2n) is 7.06. The summed E-state index contributed by atoms with van der Waals surface area (Å²) in [4.78, 5) is 13.7. The number of nitrogens with zero attached hydrogens (tertiary/aromatic N) is 3. The molecule has 0 saturated carbocycles. The maximum absolute atomic E-state index is 12.1. The number of amides is 1. The predicted octanol–water partition coefficient (Wildman–Crippen LogP) is 5.05. The van der Waals surface area contributed by atoms with Crippen LogP contribution in [0.25, 0.3) is 22.2 Å². The molecular weight excluding hydrogens is 366 g/mol. The molecule has 0 radical (unpaired) electrons. The smallest absolute Gasteiger partial charge is 0.415 e. The molecule has 6 nitrogen and oxygen atoms in total. The Labute approximate surface area is 170 Å². The van der Waals surface area contributed by atoms with E-state index < -0.39 is 6.09 Å². The van der Waals surface area contributed by atoms with Crippen molar-refractivity contribution < 1.29 is 14.3 Å². The second-order valence-corrected chi connectivity index (χ2v) is 7.06. The number of benzene rings is 2. The molecular formula is C23H25N3O3. The Hall–Kier alpha value is -3.46. The van der Waals surface area contributed by atoms with E-state index >= 15 is 0 Å². The van der Waals surface area contributed by atoms with Crippen molar-refractivity contribution in [2.45, 2.75) is 33.4 Å². The molecule has 29 heavy (non-hydrogen) atoms. The summed E-state index contributed by atoms with van der Waals surface area (Å²) in [6, 6.07) is 15.4. The lowest BCUT2D eigenvalue weighted by atomic mass is 10.1. The fourth-order valence-electron chi connectivity index (χ4n) is 3.26. The third-order valence-electron chi connectivity index (χ3n) is 5.10. The molecule has 150 valence electrons. The lowest BCUT2D eigenvalue weighted by Gasteiger charge is -2.20. The fraction of sp³-hybridized carbons (Fsp3) is 0.304. The van der Waals surface area contributed by atoms with Crippen LogP contribution in [0.3, 0.4) is 0 Å². The zero-order valence-corrected chi connectivity index (χ0v) is 17.4. The van der Waals surface area contributed by atoms with Crippen molar-refractivity contribution in [3.63, 3.8) is 0 Å². The van der Waals surface area contributed by atoms with Gasteiger partial charge in [-0.05, 0) is 62.7 Å². The minimum absolute atomic E-state index is 0.0530. The Balaban J connectivity index is 2.02. The summed E-state index contributed by atoms with van der Waals surface area (Å²) < 4.78 is 12.9. The normalized spacial score (nSPS) is 10.8. The third-order valence-corrected chi connectivity index (χ3v) is 5.10. The van der Waals surface area contributed by atoms with Crippen LogP contribution in [0.15, 0.2) is 42.5 Å². The van der Waals surface area contributed by atoms with E-state index in [2.05, 4.69) is 10.6 Å². The second kappa shape index (κ2) is 8.27. The largest absolute Gasteiger partial charge is 0.497 e. The van der Waals surface area contributed by atoms with Crippen molar-refractivity contribution in [1.82, 2.24) is 9.47 Å². The number of nitriles is 1. The minimum Gasteiger partial charge on any atom is -0.497 e.